The van der Waals surface area contributed by atoms with Crippen molar-refractivity contribution in [3.05, 3.63) is 22.2 Å². The highest BCUT2D eigenvalue weighted by Gasteiger charge is 2.30. The second-order valence-electron chi connectivity index (χ2n) is 4.32. The largest absolute Gasteiger partial charge is 0.398 e. The van der Waals surface area contributed by atoms with E-state index in [0.717, 1.165) is 10.2 Å². The summed E-state index contributed by atoms with van der Waals surface area (Å²) in [5, 5.41) is 0. The number of anilines is 1. The van der Waals surface area contributed by atoms with Crippen LogP contribution in [-0.2, 0) is 5.41 Å². The summed E-state index contributed by atoms with van der Waals surface area (Å²) in [5.41, 5.74) is 8.57. The molecule has 0 saturated heterocycles. The van der Waals surface area contributed by atoms with Crippen LogP contribution < -0.4 is 5.73 Å². The lowest BCUT2D eigenvalue weighted by molar-refractivity contribution is 0.496. The molecule has 0 aromatic heterocycles. The summed E-state index contributed by atoms with van der Waals surface area (Å²) in [6.45, 7) is 4.54. The van der Waals surface area contributed by atoms with E-state index < -0.39 is 0 Å². The molecule has 2 N–H and O–H groups in total. The van der Waals surface area contributed by atoms with E-state index in [1.54, 1.807) is 0 Å². The first-order chi connectivity index (χ1) is 6.52. The summed E-state index contributed by atoms with van der Waals surface area (Å²) < 4.78 is 1.02. The first-order valence-corrected chi connectivity index (χ1v) is 6.51. The van der Waals surface area contributed by atoms with Gasteiger partial charge < -0.3 is 5.73 Å². The molecule has 0 atom stereocenters. The summed E-state index contributed by atoms with van der Waals surface area (Å²) in [4.78, 5) is 1.35. The normalized spacial score (nSPS) is 19.1. The average Bonchev–Trinajstić information content (AvgIpc) is 2.10. The number of nitrogens with two attached hydrogens (primary N) is 1. The molecule has 0 amide bonds. The summed E-state index contributed by atoms with van der Waals surface area (Å²) in [6.07, 6.45) is 1.20. The van der Waals surface area contributed by atoms with Crippen LogP contribution in [0, 0.1) is 0 Å². The van der Waals surface area contributed by atoms with Crippen LogP contribution >= 0.6 is 27.7 Å². The third-order valence-electron chi connectivity index (χ3n) is 2.82. The number of benzene rings is 1. The fourth-order valence-corrected chi connectivity index (χ4v) is 3.79. The third kappa shape index (κ3) is 1.57. The predicted molar refractivity (Wildman–Crippen MR) is 66.9 cm³/mol. The highest BCUT2D eigenvalue weighted by atomic mass is 79.9. The van der Waals surface area contributed by atoms with Crippen LogP contribution in [0.1, 0.15) is 25.8 Å². The Hall–Kier alpha value is -0.150. The molecule has 0 radical (unpaired) electrons. The van der Waals surface area contributed by atoms with Gasteiger partial charge in [-0.1, -0.05) is 13.8 Å². The zero-order valence-electron chi connectivity index (χ0n) is 8.43. The number of nitrogen functional groups attached to an aromatic ring is 1. The van der Waals surface area contributed by atoms with Gasteiger partial charge in [0.2, 0.25) is 0 Å². The van der Waals surface area contributed by atoms with Gasteiger partial charge in [-0.25, -0.2) is 0 Å². The molecule has 1 nitrogen and oxygen atoms in total. The quantitative estimate of drug-likeness (QED) is 0.727. The van der Waals surface area contributed by atoms with E-state index in [9.17, 15) is 0 Å². The number of rotatable bonds is 0. The maximum Gasteiger partial charge on any atom is 0.0507 e. The van der Waals surface area contributed by atoms with Crippen LogP contribution in [0.15, 0.2) is 21.5 Å². The van der Waals surface area contributed by atoms with Crippen LogP contribution in [0.2, 0.25) is 0 Å². The number of thioether (sulfide) groups is 1. The van der Waals surface area contributed by atoms with Gasteiger partial charge in [0.25, 0.3) is 0 Å². The lowest BCUT2D eigenvalue weighted by atomic mass is 9.81. The molecule has 1 aliphatic rings. The molecule has 2 rings (SSSR count). The summed E-state index contributed by atoms with van der Waals surface area (Å²) in [7, 11) is 0. The van der Waals surface area contributed by atoms with Crippen molar-refractivity contribution in [2.24, 2.45) is 0 Å². The molecule has 1 aromatic carbocycles. The molecule has 76 valence electrons. The molecule has 0 spiro atoms. The van der Waals surface area contributed by atoms with E-state index in [4.69, 9.17) is 5.73 Å². The molecule has 0 fully saturated rings. The lowest BCUT2D eigenvalue weighted by Gasteiger charge is -2.33. The van der Waals surface area contributed by atoms with Gasteiger partial charge in [-0.3, -0.25) is 0 Å². The minimum Gasteiger partial charge on any atom is -0.398 e. The number of hydrogen-bond acceptors (Lipinski definition) is 2. The van der Waals surface area contributed by atoms with Crippen molar-refractivity contribution in [3.8, 4) is 0 Å². The molecule has 0 unspecified atom stereocenters. The molecular formula is C11H14BrNS. The second-order valence-corrected chi connectivity index (χ2v) is 6.31. The van der Waals surface area contributed by atoms with Gasteiger partial charge >= 0.3 is 0 Å². The fraction of sp³-hybridized carbons (Fsp3) is 0.455. The molecule has 1 aliphatic heterocycles. The van der Waals surface area contributed by atoms with Crippen molar-refractivity contribution < 1.29 is 0 Å². The van der Waals surface area contributed by atoms with Crippen molar-refractivity contribution in [1.82, 2.24) is 0 Å². The van der Waals surface area contributed by atoms with Crippen LogP contribution in [0.3, 0.4) is 0 Å². The first-order valence-electron chi connectivity index (χ1n) is 4.73. The zero-order chi connectivity index (χ0) is 10.3. The second kappa shape index (κ2) is 3.46. The van der Waals surface area contributed by atoms with E-state index in [-0.39, 0.29) is 5.41 Å². The van der Waals surface area contributed by atoms with Crippen LogP contribution in [-0.4, -0.2) is 5.75 Å². The lowest BCUT2D eigenvalue weighted by Crippen LogP contribution is -2.24. The first kappa shape index (κ1) is 10.4. The maximum absolute atomic E-state index is 6.12. The number of halogens is 1. The topological polar surface area (TPSA) is 26.0 Å². The minimum atomic E-state index is 0.217. The van der Waals surface area contributed by atoms with Gasteiger partial charge in [0.15, 0.2) is 0 Å². The van der Waals surface area contributed by atoms with Crippen LogP contribution in [0.25, 0.3) is 0 Å². The standard InChI is InChI=1S/C11H14BrNS/c1-11(2)5-6-14-8-4-3-7(12)10(13)9(8)11/h3-4H,5-6,13H2,1-2H3. The highest BCUT2D eigenvalue weighted by molar-refractivity contribution is 9.10. The molecule has 0 aliphatic carbocycles. The Balaban J connectivity index is 2.66. The van der Waals surface area contributed by atoms with E-state index in [1.165, 1.54) is 22.6 Å². The van der Waals surface area contributed by atoms with Crippen molar-refractivity contribution in [3.63, 3.8) is 0 Å². The van der Waals surface area contributed by atoms with Crippen LogP contribution in [0.4, 0.5) is 5.69 Å². The van der Waals surface area contributed by atoms with Gasteiger partial charge in [-0.05, 0) is 51.2 Å². The monoisotopic (exact) mass is 271 g/mol. The van der Waals surface area contributed by atoms with Gasteiger partial charge in [0, 0.05) is 9.37 Å². The Labute approximate surface area is 97.6 Å². The number of fused-ring (bicyclic) bond motifs is 1. The van der Waals surface area contributed by atoms with Gasteiger partial charge in [-0.2, -0.15) is 0 Å². The fourth-order valence-electron chi connectivity index (χ4n) is 1.93. The molecule has 0 saturated carbocycles. The highest BCUT2D eigenvalue weighted by Crippen LogP contribution is 2.46. The molecular weight excluding hydrogens is 258 g/mol. The van der Waals surface area contributed by atoms with Crippen molar-refractivity contribution in [1.29, 1.82) is 0 Å². The SMILES string of the molecule is CC1(C)CCSc2ccc(Br)c(N)c21. The van der Waals surface area contributed by atoms with Gasteiger partial charge in [-0.15, -0.1) is 11.8 Å². The van der Waals surface area contributed by atoms with E-state index in [0.29, 0.717) is 0 Å². The molecule has 1 aromatic rings. The van der Waals surface area contributed by atoms with E-state index in [1.807, 2.05) is 17.8 Å². The number of hydrogen-bond donors (Lipinski definition) is 1. The Morgan fingerprint density at radius 3 is 2.86 bits per heavy atom. The van der Waals surface area contributed by atoms with E-state index >= 15 is 0 Å². The average molecular weight is 272 g/mol. The smallest absolute Gasteiger partial charge is 0.0507 e. The molecule has 1 heterocycles. The minimum absolute atomic E-state index is 0.217. The van der Waals surface area contributed by atoms with Crippen molar-refractivity contribution in [2.45, 2.75) is 30.6 Å². The third-order valence-corrected chi connectivity index (χ3v) is 4.57. The van der Waals surface area contributed by atoms with Crippen molar-refractivity contribution in [2.75, 3.05) is 11.5 Å². The molecule has 14 heavy (non-hydrogen) atoms. The predicted octanol–water partition coefficient (Wildman–Crippen LogP) is 3.80. The Morgan fingerprint density at radius 2 is 2.14 bits per heavy atom. The molecule has 0 bridgehead atoms. The summed E-state index contributed by atoms with van der Waals surface area (Å²) >= 11 is 5.40. The summed E-state index contributed by atoms with van der Waals surface area (Å²) in [5.74, 6) is 1.20. The molecule has 3 heteroatoms. The Morgan fingerprint density at radius 1 is 1.43 bits per heavy atom. The maximum atomic E-state index is 6.12. The Kier molecular flexibility index (Phi) is 2.56. The van der Waals surface area contributed by atoms with E-state index in [2.05, 4.69) is 35.8 Å². The Bertz CT molecular complexity index is 374. The van der Waals surface area contributed by atoms with Crippen LogP contribution in [0.5, 0.6) is 0 Å². The summed E-state index contributed by atoms with van der Waals surface area (Å²) in [6, 6.07) is 4.21. The van der Waals surface area contributed by atoms with Crippen molar-refractivity contribution >= 4 is 33.4 Å². The van der Waals surface area contributed by atoms with Gasteiger partial charge in [0.1, 0.15) is 0 Å². The zero-order valence-corrected chi connectivity index (χ0v) is 10.8. The van der Waals surface area contributed by atoms with Gasteiger partial charge in [0.05, 0.1) is 5.69 Å².